The quantitative estimate of drug-likeness (QED) is 0.593. The Balaban J connectivity index is 2.12. The van der Waals surface area contributed by atoms with Crippen LogP contribution in [-0.2, 0) is 4.79 Å². The molecule has 0 saturated heterocycles. The fraction of sp³-hybridized carbons (Fsp3) is 0.471. The second-order valence-corrected chi connectivity index (χ2v) is 6.85. The molecule has 5 nitrogen and oxygen atoms in total. The lowest BCUT2D eigenvalue weighted by atomic mass is 10.1. The summed E-state index contributed by atoms with van der Waals surface area (Å²) < 4.78 is 25.9. The van der Waals surface area contributed by atoms with E-state index in [-0.39, 0.29) is 18.9 Å². The predicted octanol–water partition coefficient (Wildman–Crippen LogP) is 4.34. The Labute approximate surface area is 144 Å². The number of carbonyl (C=O) groups is 1. The first-order chi connectivity index (χ1) is 11.4. The molecule has 1 unspecified atom stereocenters. The fourth-order valence-electron chi connectivity index (χ4n) is 2.34. The number of nitrogens with zero attached hydrogens (tertiary/aromatic N) is 1. The first-order valence-electron chi connectivity index (χ1n) is 7.67. The summed E-state index contributed by atoms with van der Waals surface area (Å²) in [5, 5.41) is 11.1. The van der Waals surface area contributed by atoms with E-state index in [4.69, 9.17) is 9.47 Å². The van der Waals surface area contributed by atoms with E-state index in [2.05, 4.69) is 0 Å². The summed E-state index contributed by atoms with van der Waals surface area (Å²) in [6, 6.07) is 5.06. The van der Waals surface area contributed by atoms with Gasteiger partial charge in [-0.25, -0.2) is 9.45 Å². The minimum absolute atomic E-state index is 0.0315. The molecule has 1 atom stereocenters. The smallest absolute Gasteiger partial charge is 0.246 e. The van der Waals surface area contributed by atoms with Crippen molar-refractivity contribution in [1.82, 2.24) is 5.06 Å². The largest absolute Gasteiger partial charge is 0.493 e. The molecule has 0 aliphatic heterocycles. The molecule has 1 amide bonds. The van der Waals surface area contributed by atoms with Crippen LogP contribution >= 0.6 is 11.3 Å². The second kappa shape index (κ2) is 7.81. The maximum absolute atomic E-state index is 14.5. The van der Waals surface area contributed by atoms with E-state index >= 15 is 0 Å². The average Bonchev–Trinajstić information content (AvgIpc) is 2.99. The highest BCUT2D eigenvalue weighted by Gasteiger charge is 2.20. The van der Waals surface area contributed by atoms with E-state index in [0.717, 1.165) is 10.1 Å². The Kier molecular flexibility index (Phi) is 6.01. The van der Waals surface area contributed by atoms with Crippen LogP contribution in [0, 0.1) is 0 Å². The van der Waals surface area contributed by atoms with Crippen molar-refractivity contribution in [3.63, 3.8) is 0 Å². The third-order valence-electron chi connectivity index (χ3n) is 3.71. The summed E-state index contributed by atoms with van der Waals surface area (Å²) in [5.74, 6) is 0.710. The molecule has 7 heteroatoms. The van der Waals surface area contributed by atoms with Crippen LogP contribution in [0.15, 0.2) is 18.2 Å². The number of amides is 1. The number of methoxy groups -OCH3 is 2. The zero-order valence-corrected chi connectivity index (χ0v) is 15.0. The van der Waals surface area contributed by atoms with Crippen LogP contribution < -0.4 is 9.47 Å². The number of ether oxygens (including phenoxy) is 2. The van der Waals surface area contributed by atoms with Gasteiger partial charge in [-0.05, 0) is 37.8 Å². The lowest BCUT2D eigenvalue weighted by Gasteiger charge is -2.19. The number of fused-ring (bicyclic) bond motifs is 1. The Hall–Kier alpha value is -1.86. The lowest BCUT2D eigenvalue weighted by molar-refractivity contribution is -0.173. The molecular weight excluding hydrogens is 333 g/mol. The molecule has 0 bridgehead atoms. The van der Waals surface area contributed by atoms with E-state index in [1.54, 1.807) is 40.2 Å². The van der Waals surface area contributed by atoms with Crippen molar-refractivity contribution in [2.24, 2.45) is 0 Å². The predicted molar refractivity (Wildman–Crippen MR) is 91.8 cm³/mol. The third kappa shape index (κ3) is 3.96. The highest BCUT2D eigenvalue weighted by molar-refractivity contribution is 7.19. The molecule has 1 N–H and O–H groups in total. The van der Waals surface area contributed by atoms with E-state index in [9.17, 15) is 14.4 Å². The van der Waals surface area contributed by atoms with Gasteiger partial charge < -0.3 is 9.47 Å². The van der Waals surface area contributed by atoms with Crippen LogP contribution in [-0.4, -0.2) is 36.4 Å². The number of carbonyl (C=O) groups excluding carboxylic acids is 1. The van der Waals surface area contributed by atoms with Crippen molar-refractivity contribution >= 4 is 27.3 Å². The highest BCUT2D eigenvalue weighted by atomic mass is 32.1. The molecule has 2 aromatic rings. The Morgan fingerprint density at radius 1 is 1.25 bits per heavy atom. The van der Waals surface area contributed by atoms with Crippen molar-refractivity contribution < 1.29 is 23.9 Å². The Morgan fingerprint density at radius 2 is 1.88 bits per heavy atom. The van der Waals surface area contributed by atoms with Gasteiger partial charge in [-0.2, -0.15) is 0 Å². The van der Waals surface area contributed by atoms with Crippen LogP contribution in [0.1, 0.15) is 37.7 Å². The van der Waals surface area contributed by atoms with E-state index in [1.807, 2.05) is 6.07 Å². The van der Waals surface area contributed by atoms with Gasteiger partial charge >= 0.3 is 0 Å². The molecule has 0 aliphatic carbocycles. The van der Waals surface area contributed by atoms with Crippen LogP contribution in [0.25, 0.3) is 10.1 Å². The lowest BCUT2D eigenvalue weighted by Crippen LogP contribution is -2.33. The Morgan fingerprint density at radius 3 is 2.46 bits per heavy atom. The van der Waals surface area contributed by atoms with Crippen molar-refractivity contribution in [2.45, 2.75) is 38.9 Å². The van der Waals surface area contributed by atoms with Crippen molar-refractivity contribution in [2.75, 3.05) is 14.2 Å². The zero-order valence-electron chi connectivity index (χ0n) is 14.2. The fourth-order valence-corrected chi connectivity index (χ4v) is 3.42. The van der Waals surface area contributed by atoms with Crippen molar-refractivity contribution in [3.05, 3.63) is 23.1 Å². The van der Waals surface area contributed by atoms with Crippen LogP contribution in [0.5, 0.6) is 11.5 Å². The molecule has 0 spiro atoms. The molecule has 2 rings (SSSR count). The highest BCUT2D eigenvalue weighted by Crippen LogP contribution is 2.39. The number of hydrogen-bond donors (Lipinski definition) is 1. The van der Waals surface area contributed by atoms with Crippen LogP contribution in [0.2, 0.25) is 0 Å². The molecule has 0 fully saturated rings. The van der Waals surface area contributed by atoms with Crippen LogP contribution in [0.4, 0.5) is 4.39 Å². The number of rotatable bonds is 7. The molecule has 0 saturated carbocycles. The van der Waals surface area contributed by atoms with E-state index in [0.29, 0.717) is 21.4 Å². The van der Waals surface area contributed by atoms with Gasteiger partial charge in [0.25, 0.3) is 0 Å². The molecular formula is C17H22FNO4S. The SMILES string of the molecule is COc1cc2cc(C(F)CCC(=O)N(O)C(C)C)sc2cc1OC. The van der Waals surface area contributed by atoms with Gasteiger partial charge in [0.15, 0.2) is 11.5 Å². The minimum Gasteiger partial charge on any atom is -0.493 e. The number of benzene rings is 1. The van der Waals surface area contributed by atoms with Gasteiger partial charge in [-0.15, -0.1) is 11.3 Å². The number of alkyl halides is 1. The van der Waals surface area contributed by atoms with E-state index in [1.165, 1.54) is 11.3 Å². The second-order valence-electron chi connectivity index (χ2n) is 5.73. The molecule has 1 heterocycles. The summed E-state index contributed by atoms with van der Waals surface area (Å²) in [4.78, 5) is 12.3. The normalized spacial score (nSPS) is 12.5. The van der Waals surface area contributed by atoms with Gasteiger partial charge in [0.05, 0.1) is 20.3 Å². The molecule has 1 aromatic heterocycles. The number of hydroxylamine groups is 2. The van der Waals surface area contributed by atoms with Gasteiger partial charge in [0.1, 0.15) is 6.17 Å². The minimum atomic E-state index is -1.26. The first kappa shape index (κ1) is 18.5. The number of hydrogen-bond acceptors (Lipinski definition) is 5. The van der Waals surface area contributed by atoms with Crippen LogP contribution in [0.3, 0.4) is 0 Å². The molecule has 132 valence electrons. The third-order valence-corrected chi connectivity index (χ3v) is 4.89. The monoisotopic (exact) mass is 355 g/mol. The maximum atomic E-state index is 14.5. The number of thiophene rings is 1. The summed E-state index contributed by atoms with van der Waals surface area (Å²) >= 11 is 1.32. The standard InChI is InChI=1S/C17H22FNO4S/c1-10(2)19(21)17(20)6-5-12(18)16-8-11-7-13(22-3)14(23-4)9-15(11)24-16/h7-10,12,21H,5-6H2,1-4H3. The first-order valence-corrected chi connectivity index (χ1v) is 8.49. The van der Waals surface area contributed by atoms with E-state index < -0.39 is 12.1 Å². The topological polar surface area (TPSA) is 59.0 Å². The molecule has 0 aliphatic rings. The Bertz CT molecular complexity index is 675. The molecule has 1 aromatic carbocycles. The summed E-state index contributed by atoms with van der Waals surface area (Å²) in [7, 11) is 3.10. The number of halogens is 1. The van der Waals surface area contributed by atoms with Gasteiger partial charge in [-0.1, -0.05) is 0 Å². The van der Waals surface area contributed by atoms with Crippen molar-refractivity contribution in [3.8, 4) is 11.5 Å². The maximum Gasteiger partial charge on any atom is 0.246 e. The zero-order chi connectivity index (χ0) is 17.9. The molecule has 24 heavy (non-hydrogen) atoms. The van der Waals surface area contributed by atoms with Gasteiger partial charge in [0.2, 0.25) is 5.91 Å². The van der Waals surface area contributed by atoms with Gasteiger partial charge in [0, 0.05) is 22.1 Å². The molecule has 0 radical (unpaired) electrons. The average molecular weight is 355 g/mol. The summed E-state index contributed by atoms with van der Waals surface area (Å²) in [6.07, 6.45) is -1.27. The van der Waals surface area contributed by atoms with Crippen molar-refractivity contribution in [1.29, 1.82) is 0 Å². The van der Waals surface area contributed by atoms with Gasteiger partial charge in [-0.3, -0.25) is 10.0 Å². The summed E-state index contributed by atoms with van der Waals surface area (Å²) in [5.41, 5.74) is 0. The summed E-state index contributed by atoms with van der Waals surface area (Å²) in [6.45, 7) is 3.38.